The van der Waals surface area contributed by atoms with Crippen LogP contribution < -0.4 is 5.32 Å². The molecule has 4 nitrogen and oxygen atoms in total. The van der Waals surface area contributed by atoms with Gasteiger partial charge in [-0.15, -0.1) is 0 Å². The molecule has 1 amide bonds. The van der Waals surface area contributed by atoms with E-state index < -0.39 is 0 Å². The molecule has 1 rings (SSSR count). The number of aliphatic hydroxyl groups is 1. The topological polar surface area (TPSA) is 54.3 Å². The van der Waals surface area contributed by atoms with Gasteiger partial charge in [0.25, 0.3) is 0 Å². The van der Waals surface area contributed by atoms with Crippen LogP contribution in [0.1, 0.15) is 20.8 Å². The molecule has 0 aromatic carbocycles. The van der Waals surface area contributed by atoms with Gasteiger partial charge in [0.05, 0.1) is 0 Å². The van der Waals surface area contributed by atoms with Crippen molar-refractivity contribution in [1.82, 2.24) is 9.88 Å². The number of aromatic nitrogens is 1. The van der Waals surface area contributed by atoms with E-state index in [1.54, 1.807) is 25.7 Å². The average Bonchev–Trinajstić information content (AvgIpc) is 2.83. The minimum atomic E-state index is 0.250. The molecule has 0 bridgehead atoms. The van der Waals surface area contributed by atoms with Crippen LogP contribution in [0.25, 0.3) is 0 Å². The summed E-state index contributed by atoms with van der Waals surface area (Å²) in [5.41, 5.74) is 0. The number of rotatable bonds is 2. The quantitative estimate of drug-likeness (QED) is 0.647. The normalized spacial score (nSPS) is 8.56. The van der Waals surface area contributed by atoms with Gasteiger partial charge in [0.2, 0.25) is 6.41 Å². The lowest BCUT2D eigenvalue weighted by atomic mass is 10.6. The van der Waals surface area contributed by atoms with Crippen molar-refractivity contribution in [3.05, 3.63) is 24.5 Å². The summed E-state index contributed by atoms with van der Waals surface area (Å²) >= 11 is 6.88. The number of amides is 1. The van der Waals surface area contributed by atoms with E-state index in [0.29, 0.717) is 11.7 Å². The maximum Gasteiger partial charge on any atom is 0.206 e. The SMILES string of the molecule is CC(C)SC(=S)n1cccc1.CCO.CNC=O. The number of aliphatic hydroxyl groups excluding tert-OH is 1. The smallest absolute Gasteiger partial charge is 0.206 e. The van der Waals surface area contributed by atoms with Crippen molar-refractivity contribution in [2.24, 2.45) is 0 Å². The molecule has 104 valence electrons. The lowest BCUT2D eigenvalue weighted by molar-refractivity contribution is -0.109. The Bertz CT molecular complexity index is 301. The van der Waals surface area contributed by atoms with Gasteiger partial charge in [0.15, 0.2) is 0 Å². The summed E-state index contributed by atoms with van der Waals surface area (Å²) in [6.45, 7) is 6.21. The fraction of sp³-hybridized carbons (Fsp3) is 0.500. The Morgan fingerprint density at radius 1 is 1.50 bits per heavy atom. The third kappa shape index (κ3) is 13.2. The second kappa shape index (κ2) is 14.2. The number of hydrogen-bond acceptors (Lipinski definition) is 4. The number of thioether (sulfide) groups is 1. The number of carbonyl (C=O) groups excluding carboxylic acids is 1. The molecule has 1 aromatic heterocycles. The Labute approximate surface area is 119 Å². The third-order valence-corrected chi connectivity index (χ3v) is 2.65. The number of hydrogen-bond donors (Lipinski definition) is 2. The van der Waals surface area contributed by atoms with E-state index in [4.69, 9.17) is 22.1 Å². The second-order valence-electron chi connectivity index (χ2n) is 3.25. The zero-order chi connectivity index (χ0) is 14.4. The molecule has 0 saturated heterocycles. The standard InChI is InChI=1S/C8H11NS2.C2H5NO.C2H6O/c1-7(2)11-8(10)9-5-3-4-6-9;1-3-2-4;1-2-3/h3-7H,1-2H3;2H,1H3,(H,3,4);3H,2H2,1H3. The van der Waals surface area contributed by atoms with E-state index >= 15 is 0 Å². The molecule has 1 heterocycles. The molecular weight excluding hydrogens is 268 g/mol. The molecule has 0 unspecified atom stereocenters. The first kappa shape index (κ1) is 19.5. The van der Waals surface area contributed by atoms with Crippen molar-refractivity contribution >= 4 is 34.7 Å². The van der Waals surface area contributed by atoms with Crippen LogP contribution in [-0.4, -0.2) is 39.3 Å². The summed E-state index contributed by atoms with van der Waals surface area (Å²) in [7, 11) is 1.56. The van der Waals surface area contributed by atoms with Gasteiger partial charge in [-0.25, -0.2) is 0 Å². The fourth-order valence-corrected chi connectivity index (χ4v) is 2.06. The first-order valence-electron chi connectivity index (χ1n) is 5.59. The fourth-order valence-electron chi connectivity index (χ4n) is 0.719. The molecule has 0 aliphatic carbocycles. The van der Waals surface area contributed by atoms with Crippen LogP contribution in [-0.2, 0) is 4.79 Å². The molecule has 0 radical (unpaired) electrons. The monoisotopic (exact) mass is 290 g/mol. The number of thiocarbonyl (C=S) groups is 1. The zero-order valence-electron chi connectivity index (χ0n) is 11.3. The van der Waals surface area contributed by atoms with E-state index in [1.807, 2.05) is 29.1 Å². The van der Waals surface area contributed by atoms with E-state index in [-0.39, 0.29) is 6.61 Å². The summed E-state index contributed by atoms with van der Waals surface area (Å²) in [6, 6.07) is 3.96. The summed E-state index contributed by atoms with van der Waals surface area (Å²) < 4.78 is 2.88. The predicted octanol–water partition coefficient (Wildman–Crippen LogP) is 2.12. The van der Waals surface area contributed by atoms with Crippen molar-refractivity contribution in [3.8, 4) is 0 Å². The predicted molar refractivity (Wildman–Crippen MR) is 83.0 cm³/mol. The largest absolute Gasteiger partial charge is 0.397 e. The summed E-state index contributed by atoms with van der Waals surface area (Å²) in [6.07, 6.45) is 4.56. The highest BCUT2D eigenvalue weighted by atomic mass is 32.2. The molecule has 0 atom stereocenters. The molecule has 0 aliphatic heterocycles. The van der Waals surface area contributed by atoms with Crippen molar-refractivity contribution < 1.29 is 9.90 Å². The molecule has 2 N–H and O–H groups in total. The highest BCUT2D eigenvalue weighted by molar-refractivity contribution is 8.23. The number of carbonyl (C=O) groups is 1. The van der Waals surface area contributed by atoms with Gasteiger partial charge in [0, 0.05) is 31.3 Å². The van der Waals surface area contributed by atoms with Gasteiger partial charge in [-0.1, -0.05) is 37.8 Å². The molecule has 0 saturated carbocycles. The Morgan fingerprint density at radius 2 is 1.89 bits per heavy atom. The van der Waals surface area contributed by atoms with Crippen molar-refractivity contribution in [3.63, 3.8) is 0 Å². The molecule has 18 heavy (non-hydrogen) atoms. The van der Waals surface area contributed by atoms with Gasteiger partial charge in [-0.2, -0.15) is 0 Å². The number of nitrogens with zero attached hydrogens (tertiary/aromatic N) is 1. The van der Waals surface area contributed by atoms with E-state index in [0.717, 1.165) is 4.32 Å². The summed E-state index contributed by atoms with van der Waals surface area (Å²) in [4.78, 5) is 9.06. The number of nitrogens with one attached hydrogen (secondary N) is 1. The van der Waals surface area contributed by atoms with E-state index in [9.17, 15) is 0 Å². The van der Waals surface area contributed by atoms with Crippen molar-refractivity contribution in [2.75, 3.05) is 13.7 Å². The lowest BCUT2D eigenvalue weighted by Crippen LogP contribution is -2.04. The third-order valence-electron chi connectivity index (χ3n) is 1.27. The van der Waals surface area contributed by atoms with Crippen LogP contribution in [0.15, 0.2) is 24.5 Å². The lowest BCUT2D eigenvalue weighted by Gasteiger charge is -2.06. The first-order chi connectivity index (χ1) is 8.53. The molecule has 0 aliphatic rings. The Hall–Kier alpha value is -0.850. The maximum atomic E-state index is 9.06. The van der Waals surface area contributed by atoms with Crippen molar-refractivity contribution in [1.29, 1.82) is 0 Å². The highest BCUT2D eigenvalue weighted by Crippen LogP contribution is 2.13. The van der Waals surface area contributed by atoms with Crippen LogP contribution in [0.4, 0.5) is 0 Å². The Balaban J connectivity index is 0. The van der Waals surface area contributed by atoms with Crippen LogP contribution in [0, 0.1) is 0 Å². The van der Waals surface area contributed by atoms with E-state index in [2.05, 4.69) is 19.2 Å². The first-order valence-corrected chi connectivity index (χ1v) is 6.87. The van der Waals surface area contributed by atoms with Gasteiger partial charge >= 0.3 is 0 Å². The van der Waals surface area contributed by atoms with Gasteiger partial charge < -0.3 is 15.0 Å². The Kier molecular flexibility index (Phi) is 15.4. The molecule has 0 fully saturated rings. The van der Waals surface area contributed by atoms with Crippen LogP contribution in [0.3, 0.4) is 0 Å². The molecular formula is C12H22N2O2S2. The van der Waals surface area contributed by atoms with Crippen LogP contribution in [0.5, 0.6) is 0 Å². The van der Waals surface area contributed by atoms with E-state index in [1.165, 1.54) is 0 Å². The van der Waals surface area contributed by atoms with Gasteiger partial charge in [-0.05, 0) is 19.1 Å². The van der Waals surface area contributed by atoms with Crippen molar-refractivity contribution in [2.45, 2.75) is 26.0 Å². The highest BCUT2D eigenvalue weighted by Gasteiger charge is 2.01. The minimum absolute atomic E-state index is 0.250. The molecule has 0 spiro atoms. The van der Waals surface area contributed by atoms with Crippen LogP contribution >= 0.6 is 24.0 Å². The summed E-state index contributed by atoms with van der Waals surface area (Å²) in [5.74, 6) is 0. The average molecular weight is 290 g/mol. The molecule has 6 heteroatoms. The van der Waals surface area contributed by atoms with Gasteiger partial charge in [-0.3, -0.25) is 4.79 Å². The maximum absolute atomic E-state index is 9.06. The minimum Gasteiger partial charge on any atom is -0.397 e. The van der Waals surface area contributed by atoms with Gasteiger partial charge in [0.1, 0.15) is 4.32 Å². The molecule has 1 aromatic rings. The Morgan fingerprint density at radius 3 is 2.17 bits per heavy atom. The zero-order valence-corrected chi connectivity index (χ0v) is 12.9. The second-order valence-corrected chi connectivity index (χ2v) is 5.46. The van der Waals surface area contributed by atoms with Crippen LogP contribution in [0.2, 0.25) is 0 Å². The summed E-state index contributed by atoms with van der Waals surface area (Å²) in [5, 5.41) is 10.4.